The molecule has 0 aromatic heterocycles. The molecule has 3 rings (SSSR count). The van der Waals surface area contributed by atoms with E-state index in [-0.39, 0.29) is 30.3 Å². The van der Waals surface area contributed by atoms with Crippen LogP contribution >= 0.6 is 24.2 Å². The molecule has 1 unspecified atom stereocenters. The highest BCUT2D eigenvalue weighted by atomic mass is 35.5. The third-order valence-electron chi connectivity index (χ3n) is 4.20. The Morgan fingerprint density at radius 2 is 2.00 bits per heavy atom. The Labute approximate surface area is 175 Å². The van der Waals surface area contributed by atoms with E-state index in [1.54, 1.807) is 55.6 Å². The summed E-state index contributed by atoms with van der Waals surface area (Å²) >= 11 is 1.85. The summed E-state index contributed by atoms with van der Waals surface area (Å²) in [5.41, 5.74) is 1.55. The lowest BCUT2D eigenvalue weighted by molar-refractivity contribution is -0.116. The normalized spacial score (nSPS) is 15.8. The SMILES string of the molecule is COc1cccc(NC(=O)c2ccccc2NC(=O)CC2CSCCN2)c1.Cl. The average Bonchev–Trinajstić information content (AvgIpc) is 2.69. The number of methoxy groups -OCH3 is 1. The molecule has 1 aliphatic rings. The summed E-state index contributed by atoms with van der Waals surface area (Å²) < 4.78 is 5.17. The third-order valence-corrected chi connectivity index (χ3v) is 5.33. The number of hydrogen-bond acceptors (Lipinski definition) is 5. The van der Waals surface area contributed by atoms with Gasteiger partial charge in [0.05, 0.1) is 18.4 Å². The molecule has 0 saturated carbocycles. The third kappa shape index (κ3) is 6.15. The standard InChI is InChI=1S/C20H23N3O3S.ClH/c1-26-16-6-4-5-14(11-16)22-20(25)17-7-2-3-8-18(17)23-19(24)12-15-13-27-10-9-21-15;/h2-8,11,15,21H,9-10,12-13H2,1H3,(H,22,25)(H,23,24);1H. The first kappa shape index (κ1) is 22.1. The Balaban J connectivity index is 0.00000280. The van der Waals surface area contributed by atoms with Crippen LogP contribution in [0.15, 0.2) is 48.5 Å². The molecule has 2 aromatic rings. The Kier molecular flexibility index (Phi) is 8.63. The number of carbonyl (C=O) groups excluding carboxylic acids is 2. The summed E-state index contributed by atoms with van der Waals surface area (Å²) in [7, 11) is 1.57. The minimum Gasteiger partial charge on any atom is -0.497 e. The van der Waals surface area contributed by atoms with E-state index in [0.29, 0.717) is 29.1 Å². The summed E-state index contributed by atoms with van der Waals surface area (Å²) in [6.45, 7) is 0.919. The minimum absolute atomic E-state index is 0. The highest BCUT2D eigenvalue weighted by Gasteiger charge is 2.18. The van der Waals surface area contributed by atoms with Crippen molar-refractivity contribution in [1.29, 1.82) is 0 Å². The van der Waals surface area contributed by atoms with E-state index in [0.717, 1.165) is 18.1 Å². The second-order valence-electron chi connectivity index (χ2n) is 6.21. The van der Waals surface area contributed by atoms with E-state index in [1.807, 2.05) is 11.8 Å². The fraction of sp³-hybridized carbons (Fsp3) is 0.300. The van der Waals surface area contributed by atoms with Gasteiger partial charge in [-0.1, -0.05) is 18.2 Å². The molecule has 8 heteroatoms. The van der Waals surface area contributed by atoms with Gasteiger partial charge in [-0.2, -0.15) is 11.8 Å². The molecule has 1 aliphatic heterocycles. The van der Waals surface area contributed by atoms with Gasteiger partial charge in [0.1, 0.15) is 5.75 Å². The van der Waals surface area contributed by atoms with Crippen LogP contribution in [0.2, 0.25) is 0 Å². The summed E-state index contributed by atoms with van der Waals surface area (Å²) in [6, 6.07) is 14.3. The van der Waals surface area contributed by atoms with Gasteiger partial charge in [-0.25, -0.2) is 0 Å². The number of anilines is 2. The van der Waals surface area contributed by atoms with E-state index in [2.05, 4.69) is 16.0 Å². The van der Waals surface area contributed by atoms with Gasteiger partial charge < -0.3 is 20.7 Å². The fourth-order valence-electron chi connectivity index (χ4n) is 2.87. The molecule has 1 fully saturated rings. The zero-order valence-corrected chi connectivity index (χ0v) is 17.2. The van der Waals surface area contributed by atoms with Crippen molar-refractivity contribution < 1.29 is 14.3 Å². The Bertz CT molecular complexity index is 813. The first-order valence-electron chi connectivity index (χ1n) is 8.81. The summed E-state index contributed by atoms with van der Waals surface area (Å²) in [5, 5.41) is 9.06. The van der Waals surface area contributed by atoms with Gasteiger partial charge in [0.2, 0.25) is 5.91 Å². The first-order chi connectivity index (χ1) is 13.2. The molecule has 2 amide bonds. The first-order valence-corrected chi connectivity index (χ1v) is 9.96. The molecule has 2 aromatic carbocycles. The number of ether oxygens (including phenoxy) is 1. The van der Waals surface area contributed by atoms with Crippen LogP contribution in [0, 0.1) is 0 Å². The molecule has 1 heterocycles. The molecular weight excluding hydrogens is 398 g/mol. The number of benzene rings is 2. The van der Waals surface area contributed by atoms with E-state index in [4.69, 9.17) is 4.74 Å². The van der Waals surface area contributed by atoms with Crippen LogP contribution in [0.1, 0.15) is 16.8 Å². The van der Waals surface area contributed by atoms with Crippen molar-refractivity contribution in [2.45, 2.75) is 12.5 Å². The van der Waals surface area contributed by atoms with Crippen LogP contribution in [-0.2, 0) is 4.79 Å². The molecule has 0 bridgehead atoms. The second kappa shape index (κ2) is 10.9. The number of hydrogen-bond donors (Lipinski definition) is 3. The number of amides is 2. The monoisotopic (exact) mass is 421 g/mol. The Hall–Kier alpha value is -2.22. The number of rotatable bonds is 6. The Morgan fingerprint density at radius 3 is 2.75 bits per heavy atom. The number of halogens is 1. The molecule has 1 atom stereocenters. The van der Waals surface area contributed by atoms with Gasteiger partial charge in [-0.3, -0.25) is 9.59 Å². The van der Waals surface area contributed by atoms with Crippen molar-refractivity contribution in [2.24, 2.45) is 0 Å². The number of nitrogens with one attached hydrogen (secondary N) is 3. The summed E-state index contributed by atoms with van der Waals surface area (Å²) in [6.07, 6.45) is 0.388. The van der Waals surface area contributed by atoms with Gasteiger partial charge in [0.25, 0.3) is 5.91 Å². The largest absolute Gasteiger partial charge is 0.497 e. The topological polar surface area (TPSA) is 79.5 Å². The molecule has 3 N–H and O–H groups in total. The minimum atomic E-state index is -0.287. The maximum absolute atomic E-state index is 12.7. The van der Waals surface area contributed by atoms with E-state index < -0.39 is 0 Å². The number of thioether (sulfide) groups is 1. The van der Waals surface area contributed by atoms with Crippen molar-refractivity contribution >= 4 is 47.4 Å². The molecular formula is C20H24ClN3O3S. The van der Waals surface area contributed by atoms with E-state index >= 15 is 0 Å². The van der Waals surface area contributed by atoms with Crippen LogP contribution in [0.4, 0.5) is 11.4 Å². The summed E-state index contributed by atoms with van der Waals surface area (Å²) in [5.74, 6) is 2.27. The molecule has 6 nitrogen and oxygen atoms in total. The van der Waals surface area contributed by atoms with E-state index in [1.165, 1.54) is 0 Å². The van der Waals surface area contributed by atoms with Crippen molar-refractivity contribution in [3.8, 4) is 5.75 Å². The molecule has 28 heavy (non-hydrogen) atoms. The number of carbonyl (C=O) groups is 2. The van der Waals surface area contributed by atoms with Gasteiger partial charge in [0, 0.05) is 42.3 Å². The van der Waals surface area contributed by atoms with Gasteiger partial charge in [-0.05, 0) is 24.3 Å². The van der Waals surface area contributed by atoms with Crippen LogP contribution in [0.25, 0.3) is 0 Å². The average molecular weight is 422 g/mol. The highest BCUT2D eigenvalue weighted by Crippen LogP contribution is 2.21. The van der Waals surface area contributed by atoms with Crippen molar-refractivity contribution in [1.82, 2.24) is 5.32 Å². The quantitative estimate of drug-likeness (QED) is 0.666. The lowest BCUT2D eigenvalue weighted by Gasteiger charge is -2.22. The second-order valence-corrected chi connectivity index (χ2v) is 7.36. The molecule has 1 saturated heterocycles. The van der Waals surface area contributed by atoms with Gasteiger partial charge >= 0.3 is 0 Å². The van der Waals surface area contributed by atoms with Crippen molar-refractivity contribution in [3.63, 3.8) is 0 Å². The van der Waals surface area contributed by atoms with Crippen molar-refractivity contribution in [2.75, 3.05) is 35.8 Å². The summed E-state index contributed by atoms with van der Waals surface area (Å²) in [4.78, 5) is 25.1. The van der Waals surface area contributed by atoms with E-state index in [9.17, 15) is 9.59 Å². The van der Waals surface area contributed by atoms with Crippen LogP contribution in [0.5, 0.6) is 5.75 Å². The number of para-hydroxylation sites is 1. The van der Waals surface area contributed by atoms with Gasteiger partial charge in [-0.15, -0.1) is 12.4 Å². The molecule has 0 spiro atoms. The predicted octanol–water partition coefficient (Wildman–Crippen LogP) is 3.40. The van der Waals surface area contributed by atoms with Crippen molar-refractivity contribution in [3.05, 3.63) is 54.1 Å². The molecule has 0 radical (unpaired) electrons. The smallest absolute Gasteiger partial charge is 0.257 e. The maximum atomic E-state index is 12.7. The fourth-order valence-corrected chi connectivity index (χ4v) is 3.81. The van der Waals surface area contributed by atoms with Gasteiger partial charge in [0.15, 0.2) is 0 Å². The van der Waals surface area contributed by atoms with Crippen LogP contribution in [0.3, 0.4) is 0 Å². The lowest BCUT2D eigenvalue weighted by atomic mass is 10.1. The maximum Gasteiger partial charge on any atom is 0.257 e. The predicted molar refractivity (Wildman–Crippen MR) is 117 cm³/mol. The Morgan fingerprint density at radius 1 is 1.18 bits per heavy atom. The zero-order valence-electron chi connectivity index (χ0n) is 15.6. The zero-order chi connectivity index (χ0) is 19.1. The highest BCUT2D eigenvalue weighted by molar-refractivity contribution is 7.99. The molecule has 0 aliphatic carbocycles. The molecule has 150 valence electrons. The van der Waals surface area contributed by atoms with Crippen LogP contribution < -0.4 is 20.7 Å². The van der Waals surface area contributed by atoms with Crippen LogP contribution in [-0.4, -0.2) is 43.0 Å². The lowest BCUT2D eigenvalue weighted by Crippen LogP contribution is -2.40.